The molecular formula is C22H24O3S3. The maximum Gasteiger partial charge on any atom is 0.322 e. The van der Waals surface area contributed by atoms with Gasteiger partial charge in [-0.15, -0.1) is 11.8 Å². The first-order valence-corrected chi connectivity index (χ1v) is 11.2. The Morgan fingerprint density at radius 3 is 2.07 bits per heavy atom. The van der Waals surface area contributed by atoms with Gasteiger partial charge >= 0.3 is 5.97 Å². The summed E-state index contributed by atoms with van der Waals surface area (Å²) in [5.41, 5.74) is 3.55. The third-order valence-corrected chi connectivity index (χ3v) is 6.76. The van der Waals surface area contributed by atoms with Gasteiger partial charge in [-0.25, -0.2) is 0 Å². The zero-order valence-electron chi connectivity index (χ0n) is 16.5. The number of thioether (sulfide) groups is 2. The Bertz CT molecular complexity index is 840. The molecule has 0 unspecified atom stereocenters. The van der Waals surface area contributed by atoms with Crippen molar-refractivity contribution in [3.8, 4) is 0 Å². The molecule has 0 radical (unpaired) electrons. The van der Waals surface area contributed by atoms with Gasteiger partial charge < -0.3 is 4.74 Å². The van der Waals surface area contributed by atoms with Crippen molar-refractivity contribution in [2.24, 2.45) is 0 Å². The van der Waals surface area contributed by atoms with Gasteiger partial charge in [0.05, 0.1) is 6.61 Å². The number of aryl methyl sites for hydroxylation is 1. The lowest BCUT2D eigenvalue weighted by atomic mass is 10.0. The topological polar surface area (TPSA) is 43.4 Å². The molecule has 0 fully saturated rings. The monoisotopic (exact) mass is 432 g/mol. The fourth-order valence-corrected chi connectivity index (χ4v) is 5.23. The van der Waals surface area contributed by atoms with E-state index >= 15 is 0 Å². The van der Waals surface area contributed by atoms with Crippen LogP contribution in [-0.4, -0.2) is 26.6 Å². The number of ketones is 1. The van der Waals surface area contributed by atoms with E-state index in [1.165, 1.54) is 23.5 Å². The molecule has 2 rings (SSSR count). The Hall–Kier alpha value is -1.63. The van der Waals surface area contributed by atoms with Gasteiger partial charge in [0.1, 0.15) is 8.28 Å². The summed E-state index contributed by atoms with van der Waals surface area (Å²) in [6, 6.07) is 15.2. The van der Waals surface area contributed by atoms with Crippen molar-refractivity contribution in [3.63, 3.8) is 0 Å². The average molecular weight is 433 g/mol. The maximum absolute atomic E-state index is 12.5. The van der Waals surface area contributed by atoms with Crippen molar-refractivity contribution in [1.82, 2.24) is 0 Å². The Labute approximate surface area is 180 Å². The van der Waals surface area contributed by atoms with Gasteiger partial charge in [0.25, 0.3) is 0 Å². The van der Waals surface area contributed by atoms with Crippen LogP contribution in [0.25, 0.3) is 0 Å². The van der Waals surface area contributed by atoms with Crippen LogP contribution in [0.2, 0.25) is 0 Å². The molecule has 0 saturated heterocycles. The Kier molecular flexibility index (Phi) is 8.28. The predicted molar refractivity (Wildman–Crippen MR) is 123 cm³/mol. The van der Waals surface area contributed by atoms with E-state index in [1.807, 2.05) is 69.3 Å². The number of rotatable bonds is 7. The van der Waals surface area contributed by atoms with Crippen LogP contribution in [0.15, 0.2) is 48.5 Å². The number of hydrogen-bond donors (Lipinski definition) is 0. The summed E-state index contributed by atoms with van der Waals surface area (Å²) < 4.78 is 5.08. The highest BCUT2D eigenvalue weighted by atomic mass is 32.2. The van der Waals surface area contributed by atoms with Crippen molar-refractivity contribution in [2.75, 3.05) is 6.61 Å². The van der Waals surface area contributed by atoms with Crippen molar-refractivity contribution in [1.29, 1.82) is 0 Å². The molecule has 3 nitrogen and oxygen atoms in total. The fourth-order valence-electron chi connectivity index (χ4n) is 2.35. The van der Waals surface area contributed by atoms with E-state index in [2.05, 4.69) is 0 Å². The van der Waals surface area contributed by atoms with Gasteiger partial charge in [0, 0.05) is 16.9 Å². The van der Waals surface area contributed by atoms with Crippen LogP contribution in [0, 0.1) is 6.92 Å². The van der Waals surface area contributed by atoms with Gasteiger partial charge in [-0.05, 0) is 33.3 Å². The standard InChI is InChI=1S/C22H24O3S3/c1-5-25-20(24)22(3,4)28-21(26)27-14-16-8-12-18(13-9-16)19(23)17-10-6-15(2)7-11-17/h6-13H,5,14H2,1-4H3. The lowest BCUT2D eigenvalue weighted by Crippen LogP contribution is -2.30. The second-order valence-corrected chi connectivity index (χ2v) is 10.6. The van der Waals surface area contributed by atoms with Crippen LogP contribution >= 0.6 is 35.7 Å². The maximum atomic E-state index is 12.5. The molecule has 0 amide bonds. The molecule has 0 N–H and O–H groups in total. The molecule has 0 aromatic heterocycles. The normalized spacial score (nSPS) is 11.1. The van der Waals surface area contributed by atoms with E-state index in [4.69, 9.17) is 17.0 Å². The summed E-state index contributed by atoms with van der Waals surface area (Å²) >= 11 is 8.26. The molecule has 0 aliphatic carbocycles. The van der Waals surface area contributed by atoms with Crippen LogP contribution in [0.3, 0.4) is 0 Å². The number of esters is 1. The predicted octanol–water partition coefficient (Wildman–Crippen LogP) is 5.82. The highest BCUT2D eigenvalue weighted by Crippen LogP contribution is 2.33. The van der Waals surface area contributed by atoms with E-state index in [-0.39, 0.29) is 11.8 Å². The first-order valence-electron chi connectivity index (χ1n) is 8.96. The van der Waals surface area contributed by atoms with Crippen molar-refractivity contribution in [2.45, 2.75) is 38.2 Å². The van der Waals surface area contributed by atoms with Crippen molar-refractivity contribution < 1.29 is 14.3 Å². The molecule has 148 valence electrons. The third-order valence-electron chi connectivity index (χ3n) is 3.99. The molecule has 0 bridgehead atoms. The molecular weight excluding hydrogens is 408 g/mol. The highest BCUT2D eigenvalue weighted by Gasteiger charge is 2.31. The van der Waals surface area contributed by atoms with E-state index in [0.29, 0.717) is 27.0 Å². The largest absolute Gasteiger partial charge is 0.465 e. The van der Waals surface area contributed by atoms with Gasteiger partial charge in [0.2, 0.25) is 0 Å². The van der Waals surface area contributed by atoms with E-state index in [0.717, 1.165) is 11.1 Å². The summed E-state index contributed by atoms with van der Waals surface area (Å²) in [5, 5.41) is 0. The third kappa shape index (κ3) is 6.47. The molecule has 0 spiro atoms. The summed E-state index contributed by atoms with van der Waals surface area (Å²) in [6.07, 6.45) is 0. The lowest BCUT2D eigenvalue weighted by Gasteiger charge is -2.21. The van der Waals surface area contributed by atoms with Crippen LogP contribution in [0.5, 0.6) is 0 Å². The van der Waals surface area contributed by atoms with Crippen LogP contribution in [0.1, 0.15) is 47.8 Å². The minimum Gasteiger partial charge on any atom is -0.465 e. The van der Waals surface area contributed by atoms with Crippen LogP contribution in [-0.2, 0) is 15.3 Å². The Morgan fingerprint density at radius 2 is 1.54 bits per heavy atom. The second kappa shape index (κ2) is 10.2. The molecule has 28 heavy (non-hydrogen) atoms. The van der Waals surface area contributed by atoms with E-state index < -0.39 is 4.75 Å². The molecule has 0 aliphatic rings. The number of carbonyl (C=O) groups is 2. The Balaban J connectivity index is 1.92. The quantitative estimate of drug-likeness (QED) is 0.312. The molecule has 0 saturated carbocycles. The first kappa shape index (κ1) is 22.7. The van der Waals surface area contributed by atoms with Crippen molar-refractivity contribution >= 4 is 51.0 Å². The molecule has 2 aromatic rings. The number of ether oxygens (including phenoxy) is 1. The zero-order valence-corrected chi connectivity index (χ0v) is 18.9. The molecule has 0 heterocycles. The Morgan fingerprint density at radius 1 is 1.00 bits per heavy atom. The second-order valence-electron chi connectivity index (χ2n) is 6.76. The van der Waals surface area contributed by atoms with E-state index in [1.54, 1.807) is 6.92 Å². The summed E-state index contributed by atoms with van der Waals surface area (Å²) in [6.45, 7) is 7.77. The number of thiocarbonyl (C=S) groups is 1. The summed E-state index contributed by atoms with van der Waals surface area (Å²) in [7, 11) is 0. The number of hydrogen-bond acceptors (Lipinski definition) is 6. The van der Waals surface area contributed by atoms with Crippen LogP contribution in [0.4, 0.5) is 0 Å². The lowest BCUT2D eigenvalue weighted by molar-refractivity contribution is -0.145. The smallest absolute Gasteiger partial charge is 0.322 e. The summed E-state index contributed by atoms with van der Waals surface area (Å²) in [5.74, 6) is 0.437. The highest BCUT2D eigenvalue weighted by molar-refractivity contribution is 8.47. The first-order chi connectivity index (χ1) is 13.2. The van der Waals surface area contributed by atoms with Gasteiger partial charge in [-0.1, -0.05) is 78.1 Å². The van der Waals surface area contributed by atoms with Gasteiger partial charge in [-0.3, -0.25) is 9.59 Å². The number of carbonyl (C=O) groups excluding carboxylic acids is 2. The van der Waals surface area contributed by atoms with Gasteiger partial charge in [0.15, 0.2) is 5.78 Å². The minimum absolute atomic E-state index is 0.0152. The fraction of sp³-hybridized carbons (Fsp3) is 0.318. The SMILES string of the molecule is CCOC(=O)C(C)(C)SC(=S)SCc1ccc(C(=O)c2ccc(C)cc2)cc1. The zero-order chi connectivity index (χ0) is 20.7. The average Bonchev–Trinajstić information content (AvgIpc) is 2.66. The van der Waals surface area contributed by atoms with Crippen molar-refractivity contribution in [3.05, 3.63) is 70.8 Å². The minimum atomic E-state index is -0.704. The number of benzene rings is 2. The van der Waals surface area contributed by atoms with Gasteiger partial charge in [-0.2, -0.15) is 0 Å². The summed E-state index contributed by atoms with van der Waals surface area (Å²) in [4.78, 5) is 24.5. The molecule has 0 aliphatic heterocycles. The molecule has 0 atom stereocenters. The molecule has 6 heteroatoms. The van der Waals surface area contributed by atoms with Crippen LogP contribution < -0.4 is 0 Å². The van der Waals surface area contributed by atoms with E-state index in [9.17, 15) is 9.59 Å². The molecule has 2 aromatic carbocycles.